The zero-order valence-electron chi connectivity index (χ0n) is 21.7. The number of imidazole rings is 1. The Morgan fingerprint density at radius 1 is 0.676 bits per heavy atom. The lowest BCUT2D eigenvalue weighted by Crippen LogP contribution is -2.13. The molecule has 0 saturated carbocycles. The van der Waals surface area contributed by atoms with Crippen LogP contribution < -0.4 is 0 Å². The molecule has 0 saturated heterocycles. The van der Waals surface area contributed by atoms with Gasteiger partial charge in [0.05, 0.1) is 28.1 Å². The van der Waals surface area contributed by atoms with Gasteiger partial charge in [-0.15, -0.1) is 0 Å². The molecule has 0 aliphatic heterocycles. The first-order valence-corrected chi connectivity index (χ1v) is 11.9. The topological polar surface area (TPSA) is 56.0 Å². The Morgan fingerprint density at radius 3 is 1.82 bits per heavy atom. The van der Waals surface area contributed by atoms with Gasteiger partial charge >= 0.3 is 0 Å². The van der Waals surface area contributed by atoms with Crippen LogP contribution in [-0.4, -0.2) is 24.3 Å². The predicted molar refractivity (Wildman–Crippen MR) is 141 cm³/mol. The van der Waals surface area contributed by atoms with Crippen LogP contribution in [0.4, 0.5) is 0 Å². The molecule has 0 radical (unpaired) electrons. The Hall–Kier alpha value is -3.34. The molecule has 174 valence electrons. The fourth-order valence-corrected chi connectivity index (χ4v) is 4.77. The van der Waals surface area contributed by atoms with Gasteiger partial charge in [0, 0.05) is 34.0 Å². The van der Waals surface area contributed by atoms with E-state index in [1.807, 2.05) is 12.4 Å². The third-order valence-corrected chi connectivity index (χ3v) is 6.54. The van der Waals surface area contributed by atoms with E-state index in [9.17, 15) is 0 Å². The van der Waals surface area contributed by atoms with Gasteiger partial charge in [0.2, 0.25) is 0 Å². The van der Waals surface area contributed by atoms with Gasteiger partial charge in [0.15, 0.2) is 5.65 Å². The molecule has 0 amide bonds. The van der Waals surface area contributed by atoms with Crippen LogP contribution in [0, 0.1) is 20.8 Å². The summed E-state index contributed by atoms with van der Waals surface area (Å²) >= 11 is 0. The summed E-state index contributed by atoms with van der Waals surface area (Å²) in [4.78, 5) is 20.0. The Balaban J connectivity index is 1.96. The van der Waals surface area contributed by atoms with Gasteiger partial charge in [-0.05, 0) is 44.0 Å². The van der Waals surface area contributed by atoms with E-state index in [0.29, 0.717) is 0 Å². The molecule has 0 fully saturated rings. The highest BCUT2D eigenvalue weighted by Gasteiger charge is 2.23. The molecule has 0 aliphatic carbocycles. The third kappa shape index (κ3) is 3.54. The highest BCUT2D eigenvalue weighted by atomic mass is 15.1. The van der Waals surface area contributed by atoms with Crippen LogP contribution in [-0.2, 0) is 10.8 Å². The number of hydrogen-bond donors (Lipinski definition) is 0. The highest BCUT2D eigenvalue weighted by molar-refractivity contribution is 5.98. The molecule has 4 heterocycles. The van der Waals surface area contributed by atoms with Crippen molar-refractivity contribution in [1.29, 1.82) is 0 Å². The maximum Gasteiger partial charge on any atom is 0.150 e. The number of hydrogen-bond acceptors (Lipinski definition) is 4. The van der Waals surface area contributed by atoms with E-state index in [0.717, 1.165) is 50.4 Å². The second kappa shape index (κ2) is 7.33. The van der Waals surface area contributed by atoms with Crippen LogP contribution >= 0.6 is 0 Å². The summed E-state index contributed by atoms with van der Waals surface area (Å²) in [6, 6.07) is 8.68. The summed E-state index contributed by atoms with van der Waals surface area (Å²) in [7, 11) is 0. The second-order valence-electron chi connectivity index (χ2n) is 11.6. The average Bonchev–Trinajstić information content (AvgIpc) is 3.10. The number of pyridine rings is 2. The van der Waals surface area contributed by atoms with E-state index in [2.05, 4.69) is 91.0 Å². The van der Waals surface area contributed by atoms with Crippen LogP contribution in [0.5, 0.6) is 0 Å². The van der Waals surface area contributed by atoms with Gasteiger partial charge in [-0.2, -0.15) is 0 Å². The monoisotopic (exact) mass is 451 g/mol. The molecule has 4 aromatic heterocycles. The summed E-state index contributed by atoms with van der Waals surface area (Å²) in [5.74, 6) is 0.899. The van der Waals surface area contributed by atoms with E-state index in [1.165, 1.54) is 16.7 Å². The molecule has 0 N–H and O–H groups in total. The van der Waals surface area contributed by atoms with Gasteiger partial charge in [0.25, 0.3) is 0 Å². The summed E-state index contributed by atoms with van der Waals surface area (Å²) in [6.07, 6.45) is 3.88. The van der Waals surface area contributed by atoms with Crippen LogP contribution in [0.15, 0.2) is 36.7 Å². The molecule has 0 unspecified atom stereocenters. The molecule has 0 atom stereocenters. The van der Waals surface area contributed by atoms with Crippen molar-refractivity contribution in [2.75, 3.05) is 0 Å². The first-order valence-electron chi connectivity index (χ1n) is 11.9. The lowest BCUT2D eigenvalue weighted by atomic mass is 9.91. The average molecular weight is 452 g/mol. The van der Waals surface area contributed by atoms with Gasteiger partial charge < -0.3 is 0 Å². The first kappa shape index (κ1) is 22.5. The van der Waals surface area contributed by atoms with Crippen molar-refractivity contribution < 1.29 is 0 Å². The summed E-state index contributed by atoms with van der Waals surface area (Å²) < 4.78 is 2.17. The molecule has 0 spiro atoms. The predicted octanol–water partition coefficient (Wildman–Crippen LogP) is 7.01. The number of rotatable bonds is 1. The zero-order chi connectivity index (χ0) is 24.6. The van der Waals surface area contributed by atoms with E-state index < -0.39 is 0 Å². The Bertz CT molecular complexity index is 1570. The van der Waals surface area contributed by atoms with E-state index in [1.54, 1.807) is 0 Å². The molecule has 5 aromatic rings. The Morgan fingerprint density at radius 2 is 1.24 bits per heavy atom. The Kier molecular flexibility index (Phi) is 4.84. The van der Waals surface area contributed by atoms with Crippen LogP contribution in [0.25, 0.3) is 39.0 Å². The maximum atomic E-state index is 5.25. The van der Waals surface area contributed by atoms with E-state index >= 15 is 0 Å². The lowest BCUT2D eigenvalue weighted by Gasteiger charge is -2.19. The second-order valence-corrected chi connectivity index (χ2v) is 11.6. The first-order chi connectivity index (χ1) is 15.8. The van der Waals surface area contributed by atoms with E-state index in [-0.39, 0.29) is 10.8 Å². The summed E-state index contributed by atoms with van der Waals surface area (Å²) in [6.45, 7) is 19.5. The van der Waals surface area contributed by atoms with Crippen LogP contribution in [0.3, 0.4) is 0 Å². The SMILES string of the molecule is Cc1cc(C)c(-c2nc3cc(C(C)(C)C)ncc3c3nc4cc(C(C)(C)C)ncc4n23)c(C)c1. The fraction of sp³-hybridized carbons (Fsp3) is 0.379. The normalized spacial score (nSPS) is 12.9. The standard InChI is InChI=1S/C29H33N5/c1-16-10-17(2)25(18(3)11-16)27-32-20-12-23(28(4,5)6)30-14-19(20)26-33-21-13-24(29(7,8)9)31-15-22(21)34(26)27/h10-15H,1-9H3. The van der Waals surface area contributed by atoms with Crippen molar-refractivity contribution in [3.63, 3.8) is 0 Å². The van der Waals surface area contributed by atoms with Crippen molar-refractivity contribution in [3.05, 3.63) is 64.7 Å². The molecule has 5 rings (SSSR count). The molecule has 34 heavy (non-hydrogen) atoms. The molecule has 0 bridgehead atoms. The van der Waals surface area contributed by atoms with Crippen molar-refractivity contribution in [2.24, 2.45) is 0 Å². The maximum absolute atomic E-state index is 5.25. The smallest absolute Gasteiger partial charge is 0.150 e. The molecular weight excluding hydrogens is 418 g/mol. The molecular formula is C29H33N5. The van der Waals surface area contributed by atoms with Gasteiger partial charge in [-0.3, -0.25) is 14.4 Å². The fourth-order valence-electron chi connectivity index (χ4n) is 4.77. The minimum atomic E-state index is -0.0660. The zero-order valence-corrected chi connectivity index (χ0v) is 21.7. The largest absolute Gasteiger partial charge is 0.274 e. The van der Waals surface area contributed by atoms with Crippen molar-refractivity contribution in [1.82, 2.24) is 24.3 Å². The quantitative estimate of drug-likeness (QED) is 0.275. The highest BCUT2D eigenvalue weighted by Crippen LogP contribution is 2.35. The number of benzene rings is 1. The molecule has 1 aromatic carbocycles. The minimum absolute atomic E-state index is 0.0551. The summed E-state index contributed by atoms with van der Waals surface area (Å²) in [5, 5.41) is 0.952. The third-order valence-electron chi connectivity index (χ3n) is 6.54. The Labute approximate surface area is 201 Å². The van der Waals surface area contributed by atoms with Crippen molar-refractivity contribution >= 4 is 27.6 Å². The van der Waals surface area contributed by atoms with Gasteiger partial charge in [0.1, 0.15) is 5.82 Å². The lowest BCUT2D eigenvalue weighted by molar-refractivity contribution is 0.570. The van der Waals surface area contributed by atoms with Crippen LogP contribution in [0.2, 0.25) is 0 Å². The van der Waals surface area contributed by atoms with E-state index in [4.69, 9.17) is 19.9 Å². The summed E-state index contributed by atoms with van der Waals surface area (Å²) in [5.41, 5.74) is 10.4. The van der Waals surface area contributed by atoms with Crippen LogP contribution in [0.1, 0.15) is 69.6 Å². The number of fused-ring (bicyclic) bond motifs is 5. The molecule has 5 heteroatoms. The number of nitrogens with zero attached hydrogens (tertiary/aromatic N) is 5. The van der Waals surface area contributed by atoms with Gasteiger partial charge in [-0.25, -0.2) is 9.97 Å². The molecule has 0 aliphatic rings. The van der Waals surface area contributed by atoms with Crippen molar-refractivity contribution in [2.45, 2.75) is 73.1 Å². The minimum Gasteiger partial charge on any atom is -0.274 e. The molecule has 5 nitrogen and oxygen atoms in total. The number of aromatic nitrogens is 5. The van der Waals surface area contributed by atoms with Crippen molar-refractivity contribution in [3.8, 4) is 11.4 Å². The number of aryl methyl sites for hydroxylation is 3. The van der Waals surface area contributed by atoms with Gasteiger partial charge in [-0.1, -0.05) is 59.2 Å².